The Balaban J connectivity index is 2.52. The molecule has 0 amide bonds. The standard InChI is InChI=1S/C10H12ClNO2/c1-7(2)14-10(13)5-8-3-4-9(11)12-6-8/h3-4,6-7H,5H2,1-2H3. The second kappa shape index (κ2) is 4.96. The van der Waals surface area contributed by atoms with Crippen LogP contribution in [-0.4, -0.2) is 17.1 Å². The summed E-state index contributed by atoms with van der Waals surface area (Å²) >= 11 is 5.61. The van der Waals surface area contributed by atoms with Crippen molar-refractivity contribution in [3.63, 3.8) is 0 Å². The molecule has 14 heavy (non-hydrogen) atoms. The summed E-state index contributed by atoms with van der Waals surface area (Å²) in [4.78, 5) is 15.1. The van der Waals surface area contributed by atoms with E-state index in [2.05, 4.69) is 4.98 Å². The van der Waals surface area contributed by atoms with Crippen molar-refractivity contribution in [1.29, 1.82) is 0 Å². The first-order valence-corrected chi connectivity index (χ1v) is 4.75. The number of carbonyl (C=O) groups excluding carboxylic acids is 1. The Labute approximate surface area is 88.1 Å². The molecular formula is C10H12ClNO2. The van der Waals surface area contributed by atoms with Crippen LogP contribution in [0.4, 0.5) is 0 Å². The minimum Gasteiger partial charge on any atom is -0.463 e. The molecule has 0 aliphatic rings. The van der Waals surface area contributed by atoms with Gasteiger partial charge in [0.25, 0.3) is 0 Å². The fourth-order valence-corrected chi connectivity index (χ4v) is 1.09. The van der Waals surface area contributed by atoms with E-state index in [0.717, 1.165) is 5.56 Å². The lowest BCUT2D eigenvalue weighted by Crippen LogP contribution is -2.13. The van der Waals surface area contributed by atoms with Crippen molar-refractivity contribution in [2.75, 3.05) is 0 Å². The molecule has 0 spiro atoms. The molecule has 0 bridgehead atoms. The number of halogens is 1. The number of ether oxygens (including phenoxy) is 1. The zero-order chi connectivity index (χ0) is 10.6. The molecule has 0 radical (unpaired) electrons. The lowest BCUT2D eigenvalue weighted by atomic mass is 10.2. The summed E-state index contributed by atoms with van der Waals surface area (Å²) in [6.07, 6.45) is 1.73. The Hall–Kier alpha value is -1.09. The van der Waals surface area contributed by atoms with Crippen molar-refractivity contribution < 1.29 is 9.53 Å². The number of esters is 1. The fourth-order valence-electron chi connectivity index (χ4n) is 0.982. The Bertz CT molecular complexity index is 308. The lowest BCUT2D eigenvalue weighted by molar-refractivity contribution is -0.146. The first-order chi connectivity index (χ1) is 6.58. The van der Waals surface area contributed by atoms with Gasteiger partial charge in [-0.15, -0.1) is 0 Å². The van der Waals surface area contributed by atoms with E-state index in [1.54, 1.807) is 18.3 Å². The molecule has 1 rings (SSSR count). The number of hydrogen-bond acceptors (Lipinski definition) is 3. The van der Waals surface area contributed by atoms with Gasteiger partial charge in [-0.25, -0.2) is 4.98 Å². The average molecular weight is 214 g/mol. The van der Waals surface area contributed by atoms with Gasteiger partial charge in [0.05, 0.1) is 12.5 Å². The Kier molecular flexibility index (Phi) is 3.89. The zero-order valence-corrected chi connectivity index (χ0v) is 8.91. The number of aromatic nitrogens is 1. The molecule has 0 saturated carbocycles. The van der Waals surface area contributed by atoms with Crippen molar-refractivity contribution in [3.05, 3.63) is 29.0 Å². The molecule has 0 N–H and O–H groups in total. The largest absolute Gasteiger partial charge is 0.463 e. The number of carbonyl (C=O) groups is 1. The van der Waals surface area contributed by atoms with Crippen LogP contribution >= 0.6 is 11.6 Å². The molecule has 1 aromatic heterocycles. The highest BCUT2D eigenvalue weighted by Crippen LogP contribution is 2.06. The minimum absolute atomic E-state index is 0.0808. The van der Waals surface area contributed by atoms with Crippen molar-refractivity contribution >= 4 is 17.6 Å². The predicted octanol–water partition coefficient (Wildman–Crippen LogP) is 2.23. The van der Waals surface area contributed by atoms with Gasteiger partial charge in [-0.3, -0.25) is 4.79 Å². The van der Waals surface area contributed by atoms with Gasteiger partial charge in [-0.2, -0.15) is 0 Å². The molecule has 1 heterocycles. The molecule has 0 fully saturated rings. The Morgan fingerprint density at radius 3 is 2.79 bits per heavy atom. The third-order valence-corrected chi connectivity index (χ3v) is 1.73. The van der Waals surface area contributed by atoms with Gasteiger partial charge in [0.2, 0.25) is 0 Å². The van der Waals surface area contributed by atoms with Crippen LogP contribution in [-0.2, 0) is 16.0 Å². The molecule has 4 heteroatoms. The summed E-state index contributed by atoms with van der Waals surface area (Å²) in [6, 6.07) is 3.41. The molecule has 0 unspecified atom stereocenters. The van der Waals surface area contributed by atoms with E-state index in [1.165, 1.54) is 0 Å². The monoisotopic (exact) mass is 213 g/mol. The summed E-state index contributed by atoms with van der Waals surface area (Å²) in [5, 5.41) is 0.422. The van der Waals surface area contributed by atoms with Gasteiger partial charge in [0.15, 0.2) is 0 Å². The van der Waals surface area contributed by atoms with Crippen LogP contribution in [0.3, 0.4) is 0 Å². The molecule has 3 nitrogen and oxygen atoms in total. The maximum absolute atomic E-state index is 11.2. The van der Waals surface area contributed by atoms with Crippen LogP contribution in [0, 0.1) is 0 Å². The number of nitrogens with zero attached hydrogens (tertiary/aromatic N) is 1. The Morgan fingerprint density at radius 1 is 1.57 bits per heavy atom. The van der Waals surface area contributed by atoms with Crippen molar-refractivity contribution in [2.24, 2.45) is 0 Å². The first kappa shape index (κ1) is 11.0. The van der Waals surface area contributed by atoms with Gasteiger partial charge < -0.3 is 4.74 Å². The molecule has 0 atom stereocenters. The normalized spacial score (nSPS) is 10.3. The second-order valence-corrected chi connectivity index (χ2v) is 3.59. The average Bonchev–Trinajstić information content (AvgIpc) is 2.07. The first-order valence-electron chi connectivity index (χ1n) is 4.38. The SMILES string of the molecule is CC(C)OC(=O)Cc1ccc(Cl)nc1. The van der Waals surface area contributed by atoms with E-state index < -0.39 is 0 Å². The summed E-state index contributed by atoms with van der Waals surface area (Å²) in [7, 11) is 0. The number of rotatable bonds is 3. The second-order valence-electron chi connectivity index (χ2n) is 3.20. The molecular weight excluding hydrogens is 202 g/mol. The third-order valence-electron chi connectivity index (χ3n) is 1.50. The maximum Gasteiger partial charge on any atom is 0.310 e. The van der Waals surface area contributed by atoms with Gasteiger partial charge in [-0.05, 0) is 25.5 Å². The number of hydrogen-bond donors (Lipinski definition) is 0. The predicted molar refractivity (Wildman–Crippen MR) is 54.2 cm³/mol. The van der Waals surface area contributed by atoms with Crippen molar-refractivity contribution in [2.45, 2.75) is 26.4 Å². The summed E-state index contributed by atoms with van der Waals surface area (Å²) in [5.41, 5.74) is 0.806. The van der Waals surface area contributed by atoms with E-state index in [9.17, 15) is 4.79 Å². The third kappa shape index (κ3) is 3.75. The van der Waals surface area contributed by atoms with Gasteiger partial charge in [-0.1, -0.05) is 17.7 Å². The van der Waals surface area contributed by atoms with Crippen LogP contribution in [0.5, 0.6) is 0 Å². The van der Waals surface area contributed by atoms with Gasteiger partial charge in [0.1, 0.15) is 5.15 Å². The highest BCUT2D eigenvalue weighted by Gasteiger charge is 2.06. The maximum atomic E-state index is 11.2. The molecule has 0 aliphatic carbocycles. The molecule has 0 saturated heterocycles. The lowest BCUT2D eigenvalue weighted by Gasteiger charge is -2.07. The van der Waals surface area contributed by atoms with E-state index in [1.807, 2.05) is 13.8 Å². The van der Waals surface area contributed by atoms with Crippen LogP contribution in [0.15, 0.2) is 18.3 Å². The Morgan fingerprint density at radius 2 is 2.29 bits per heavy atom. The fraction of sp³-hybridized carbons (Fsp3) is 0.400. The van der Waals surface area contributed by atoms with E-state index in [-0.39, 0.29) is 18.5 Å². The quantitative estimate of drug-likeness (QED) is 0.571. The summed E-state index contributed by atoms with van der Waals surface area (Å²) in [5.74, 6) is -0.246. The van der Waals surface area contributed by atoms with E-state index >= 15 is 0 Å². The highest BCUT2D eigenvalue weighted by molar-refractivity contribution is 6.29. The summed E-state index contributed by atoms with van der Waals surface area (Å²) < 4.78 is 4.98. The van der Waals surface area contributed by atoms with Crippen LogP contribution in [0.25, 0.3) is 0 Å². The van der Waals surface area contributed by atoms with Crippen LogP contribution in [0.2, 0.25) is 5.15 Å². The minimum atomic E-state index is -0.246. The van der Waals surface area contributed by atoms with Crippen LogP contribution in [0.1, 0.15) is 19.4 Å². The topological polar surface area (TPSA) is 39.2 Å². The van der Waals surface area contributed by atoms with Gasteiger partial charge in [0, 0.05) is 6.20 Å². The van der Waals surface area contributed by atoms with Crippen LogP contribution < -0.4 is 0 Å². The van der Waals surface area contributed by atoms with E-state index in [4.69, 9.17) is 16.3 Å². The molecule has 0 aliphatic heterocycles. The van der Waals surface area contributed by atoms with E-state index in [0.29, 0.717) is 5.15 Å². The molecule has 76 valence electrons. The smallest absolute Gasteiger partial charge is 0.310 e. The van der Waals surface area contributed by atoms with Gasteiger partial charge >= 0.3 is 5.97 Å². The van der Waals surface area contributed by atoms with Crippen molar-refractivity contribution in [1.82, 2.24) is 4.98 Å². The van der Waals surface area contributed by atoms with Crippen molar-refractivity contribution in [3.8, 4) is 0 Å². The summed E-state index contributed by atoms with van der Waals surface area (Å²) in [6.45, 7) is 3.63. The molecule has 0 aromatic carbocycles. The highest BCUT2D eigenvalue weighted by atomic mass is 35.5. The molecule has 1 aromatic rings. The zero-order valence-electron chi connectivity index (χ0n) is 8.16. The number of pyridine rings is 1.